The van der Waals surface area contributed by atoms with Crippen LogP contribution in [0.1, 0.15) is 5.56 Å². The largest absolute Gasteiger partial charge is 0.456 e. The fourth-order valence-electron chi connectivity index (χ4n) is 8.49. The molecule has 0 radical (unpaired) electrons. The van der Waals surface area contributed by atoms with Gasteiger partial charge in [-0.05, 0) is 108 Å². The molecule has 0 atom stereocenters. The van der Waals surface area contributed by atoms with Gasteiger partial charge in [-0.15, -0.1) is 0 Å². The van der Waals surface area contributed by atoms with Gasteiger partial charge in [0.05, 0.1) is 17.1 Å². The van der Waals surface area contributed by atoms with Gasteiger partial charge in [-0.25, -0.2) is 0 Å². The van der Waals surface area contributed by atoms with Crippen LogP contribution in [0.3, 0.4) is 0 Å². The smallest absolute Gasteiger partial charge is 0.135 e. The van der Waals surface area contributed by atoms with Gasteiger partial charge in [0.25, 0.3) is 0 Å². The van der Waals surface area contributed by atoms with Crippen LogP contribution < -0.4 is 4.74 Å². The first-order valence-corrected chi connectivity index (χ1v) is 17.8. The molecule has 244 valence electrons. The first-order chi connectivity index (χ1) is 26.2. The number of nitriles is 1. The molecule has 0 unspecified atom stereocenters. The molecule has 3 heteroatoms. The molecule has 9 aromatic carbocycles. The summed E-state index contributed by atoms with van der Waals surface area (Å²) in [4.78, 5) is 4.70. The second-order valence-electron chi connectivity index (χ2n) is 13.8. The number of pyridine rings is 1. The zero-order valence-electron chi connectivity index (χ0n) is 28.5. The highest BCUT2D eigenvalue weighted by Gasteiger charge is 2.23. The predicted molar refractivity (Wildman–Crippen MR) is 218 cm³/mol. The van der Waals surface area contributed by atoms with E-state index in [4.69, 9.17) is 9.72 Å². The van der Waals surface area contributed by atoms with Crippen LogP contribution in [0.2, 0.25) is 0 Å². The van der Waals surface area contributed by atoms with Crippen molar-refractivity contribution in [2.24, 2.45) is 0 Å². The van der Waals surface area contributed by atoms with Crippen molar-refractivity contribution in [1.82, 2.24) is 4.98 Å². The van der Waals surface area contributed by atoms with Crippen molar-refractivity contribution >= 4 is 54.0 Å². The van der Waals surface area contributed by atoms with Crippen LogP contribution in [0, 0.1) is 11.3 Å². The van der Waals surface area contributed by atoms with Gasteiger partial charge in [-0.1, -0.05) is 121 Å². The van der Waals surface area contributed by atoms with Gasteiger partial charge in [0.1, 0.15) is 11.5 Å². The Bertz CT molecular complexity index is 3200. The average molecular weight is 673 g/mol. The van der Waals surface area contributed by atoms with E-state index in [1.54, 1.807) is 0 Å². The molecule has 0 saturated carbocycles. The Labute approximate surface area is 305 Å². The van der Waals surface area contributed by atoms with Crippen LogP contribution in [0.15, 0.2) is 170 Å². The molecule has 0 saturated heterocycles. The molecule has 0 fully saturated rings. The van der Waals surface area contributed by atoms with Gasteiger partial charge in [0.2, 0.25) is 0 Å². The van der Waals surface area contributed by atoms with Crippen molar-refractivity contribution in [2.45, 2.75) is 0 Å². The lowest BCUT2D eigenvalue weighted by Crippen LogP contribution is -1.98. The quantitative estimate of drug-likeness (QED) is 0.176. The molecule has 53 heavy (non-hydrogen) atoms. The SMILES string of the molecule is N#Cc1ccc2c3c(cccc13)Oc1cc(-c3cc4c5ccccc5c(-c5ccc(-c6cccc7cccnc67)cc5)cc4c4ccccc34)ccc1-2. The summed E-state index contributed by atoms with van der Waals surface area (Å²) in [6.07, 6.45) is 1.86. The van der Waals surface area contributed by atoms with Crippen LogP contribution >= 0.6 is 0 Å². The molecule has 1 aliphatic heterocycles. The standard InChI is InChI=1S/C50H28N2O/c51-29-34-22-24-42-41-23-21-33(26-48(41)53-47-16-6-14-35(34)49(42)47)44-28-46-39-12-3-1-10-37(39)43(27-45(46)40-13-4-2-11-38(40)44)31-19-17-30(18-20-31)36-15-5-8-32-9-7-25-52-50(32)36/h1-28H. The summed E-state index contributed by atoms with van der Waals surface area (Å²) >= 11 is 0. The van der Waals surface area contributed by atoms with Crippen molar-refractivity contribution in [2.75, 3.05) is 0 Å². The minimum atomic E-state index is 0.655. The molecule has 0 N–H and O–H groups in total. The normalized spacial score (nSPS) is 11.9. The topological polar surface area (TPSA) is 45.9 Å². The highest BCUT2D eigenvalue weighted by Crippen LogP contribution is 2.49. The maximum atomic E-state index is 9.75. The van der Waals surface area contributed by atoms with Crippen LogP contribution in [0.25, 0.3) is 98.5 Å². The van der Waals surface area contributed by atoms with Gasteiger partial charge in [0.15, 0.2) is 0 Å². The van der Waals surface area contributed by atoms with E-state index >= 15 is 0 Å². The maximum Gasteiger partial charge on any atom is 0.135 e. The number of rotatable bonds is 3. The fraction of sp³-hybridized carbons (Fsp3) is 0. The van der Waals surface area contributed by atoms with Crippen LogP contribution in [0.4, 0.5) is 0 Å². The second-order valence-corrected chi connectivity index (χ2v) is 13.8. The third kappa shape index (κ3) is 4.43. The van der Waals surface area contributed by atoms with E-state index in [0.29, 0.717) is 5.56 Å². The van der Waals surface area contributed by atoms with Crippen molar-refractivity contribution in [3.05, 3.63) is 176 Å². The summed E-state index contributed by atoms with van der Waals surface area (Å²) in [6, 6.07) is 60.4. The molecule has 0 aliphatic carbocycles. The monoisotopic (exact) mass is 672 g/mol. The second kappa shape index (κ2) is 11.4. The fourth-order valence-corrected chi connectivity index (χ4v) is 8.49. The Morgan fingerprint density at radius 3 is 1.75 bits per heavy atom. The van der Waals surface area contributed by atoms with Crippen molar-refractivity contribution in [3.63, 3.8) is 0 Å². The summed E-state index contributed by atoms with van der Waals surface area (Å²) < 4.78 is 6.59. The highest BCUT2D eigenvalue weighted by molar-refractivity contribution is 6.24. The molecule has 1 aliphatic rings. The molecule has 1 aromatic heterocycles. The molecule has 0 bridgehead atoms. The minimum Gasteiger partial charge on any atom is -0.456 e. The van der Waals surface area contributed by atoms with Crippen molar-refractivity contribution in [3.8, 4) is 62.1 Å². The number of fused-ring (bicyclic) bond motifs is 8. The summed E-state index contributed by atoms with van der Waals surface area (Å²) in [5.41, 5.74) is 10.7. The van der Waals surface area contributed by atoms with E-state index in [-0.39, 0.29) is 0 Å². The summed E-state index contributed by atoms with van der Waals surface area (Å²) in [7, 11) is 0. The third-order valence-electron chi connectivity index (χ3n) is 10.9. The average Bonchev–Trinajstić information content (AvgIpc) is 3.23. The lowest BCUT2D eigenvalue weighted by molar-refractivity contribution is 0.487. The molecule has 2 heterocycles. The number of ether oxygens (including phenoxy) is 1. The highest BCUT2D eigenvalue weighted by atomic mass is 16.5. The third-order valence-corrected chi connectivity index (χ3v) is 10.9. The number of hydrogen-bond donors (Lipinski definition) is 0. The Hall–Kier alpha value is -7.28. The predicted octanol–water partition coefficient (Wildman–Crippen LogP) is 13.5. The number of aromatic nitrogens is 1. The molecule has 10 aromatic rings. The number of para-hydroxylation sites is 1. The zero-order chi connectivity index (χ0) is 35.0. The zero-order valence-corrected chi connectivity index (χ0v) is 28.5. The summed E-state index contributed by atoms with van der Waals surface area (Å²) in [6.45, 7) is 0. The van der Waals surface area contributed by atoms with E-state index < -0.39 is 0 Å². The van der Waals surface area contributed by atoms with Crippen LogP contribution in [0.5, 0.6) is 11.5 Å². The van der Waals surface area contributed by atoms with Gasteiger partial charge in [-0.3, -0.25) is 4.98 Å². The molecule has 0 amide bonds. The maximum absolute atomic E-state index is 9.75. The lowest BCUT2D eigenvalue weighted by atomic mass is 9.86. The summed E-state index contributed by atoms with van der Waals surface area (Å²) in [5, 5.41) is 20.1. The van der Waals surface area contributed by atoms with E-state index in [1.165, 1.54) is 43.4 Å². The van der Waals surface area contributed by atoms with E-state index in [2.05, 4.69) is 140 Å². The Morgan fingerprint density at radius 1 is 0.415 bits per heavy atom. The first kappa shape index (κ1) is 29.5. The van der Waals surface area contributed by atoms with Crippen LogP contribution in [-0.2, 0) is 0 Å². The number of hydrogen-bond acceptors (Lipinski definition) is 3. The minimum absolute atomic E-state index is 0.655. The first-order valence-electron chi connectivity index (χ1n) is 17.8. The lowest BCUT2D eigenvalue weighted by Gasteiger charge is -2.23. The number of benzene rings is 9. The Morgan fingerprint density at radius 2 is 1.02 bits per heavy atom. The number of nitrogens with zero attached hydrogens (tertiary/aromatic N) is 2. The van der Waals surface area contributed by atoms with Crippen molar-refractivity contribution < 1.29 is 4.74 Å². The van der Waals surface area contributed by atoms with Gasteiger partial charge in [0, 0.05) is 33.5 Å². The Kier molecular flexibility index (Phi) is 6.32. The van der Waals surface area contributed by atoms with Gasteiger partial charge < -0.3 is 4.74 Å². The molecule has 0 spiro atoms. The molecular weight excluding hydrogens is 645 g/mol. The van der Waals surface area contributed by atoms with Crippen molar-refractivity contribution in [1.29, 1.82) is 5.26 Å². The molecule has 3 nitrogen and oxygen atoms in total. The molecule has 11 rings (SSSR count). The summed E-state index contributed by atoms with van der Waals surface area (Å²) in [5.74, 6) is 1.60. The van der Waals surface area contributed by atoms with Gasteiger partial charge >= 0.3 is 0 Å². The Balaban J connectivity index is 1.08. The van der Waals surface area contributed by atoms with Crippen LogP contribution in [-0.4, -0.2) is 4.98 Å². The molecular formula is C50H28N2O. The van der Waals surface area contributed by atoms with Gasteiger partial charge in [-0.2, -0.15) is 5.26 Å². The van der Waals surface area contributed by atoms with E-state index in [1.807, 2.05) is 36.5 Å². The van der Waals surface area contributed by atoms with E-state index in [9.17, 15) is 5.26 Å². The van der Waals surface area contributed by atoms with E-state index in [0.717, 1.165) is 66.6 Å².